The normalized spacial score (nSPS) is 13.7. The number of esters is 1. The number of halogens is 1. The molecular formula is C20H27ClO3. The summed E-state index contributed by atoms with van der Waals surface area (Å²) in [5.74, 6) is -0.361. The quantitative estimate of drug-likeness (QED) is 0.281. The number of carbonyl (C=O) groups is 1. The zero-order valence-electron chi connectivity index (χ0n) is 14.7. The van der Waals surface area contributed by atoms with Crippen LogP contribution in [0.5, 0.6) is 0 Å². The van der Waals surface area contributed by atoms with Crippen LogP contribution in [-0.2, 0) is 9.53 Å². The zero-order valence-corrected chi connectivity index (χ0v) is 15.5. The van der Waals surface area contributed by atoms with Crippen molar-refractivity contribution in [2.24, 2.45) is 0 Å². The predicted octanol–water partition coefficient (Wildman–Crippen LogP) is 5.39. The van der Waals surface area contributed by atoms with Gasteiger partial charge in [0.2, 0.25) is 0 Å². The SMILES string of the molecule is CCCCC/C=C(/C=C(\C)C(=O)OCC)C(O)c1ccc(Cl)cc1. The Labute approximate surface area is 150 Å². The average Bonchev–Trinajstić information content (AvgIpc) is 2.57. The predicted molar refractivity (Wildman–Crippen MR) is 99.0 cm³/mol. The summed E-state index contributed by atoms with van der Waals surface area (Å²) in [6, 6.07) is 7.08. The molecule has 1 aromatic carbocycles. The third kappa shape index (κ3) is 6.90. The summed E-state index contributed by atoms with van der Waals surface area (Å²) in [5, 5.41) is 11.3. The zero-order chi connectivity index (χ0) is 17.9. The van der Waals surface area contributed by atoms with Gasteiger partial charge >= 0.3 is 5.97 Å². The van der Waals surface area contributed by atoms with Crippen molar-refractivity contribution in [3.05, 3.63) is 58.1 Å². The molecule has 0 fully saturated rings. The number of rotatable bonds is 9. The summed E-state index contributed by atoms with van der Waals surface area (Å²) in [4.78, 5) is 11.8. The van der Waals surface area contributed by atoms with Gasteiger partial charge in [-0.25, -0.2) is 4.79 Å². The monoisotopic (exact) mass is 350 g/mol. The Kier molecular flexibility index (Phi) is 9.43. The molecule has 0 aliphatic rings. The van der Waals surface area contributed by atoms with Gasteiger partial charge in [0.15, 0.2) is 0 Å². The van der Waals surface area contributed by atoms with Crippen molar-refractivity contribution >= 4 is 17.6 Å². The standard InChI is InChI=1S/C20H27ClO3/c1-4-6-7-8-9-17(14-15(3)20(23)24-5-2)19(22)16-10-12-18(21)13-11-16/h9-14,19,22H,4-8H2,1-3H3/b15-14+,17-9-. The molecule has 0 saturated heterocycles. The summed E-state index contributed by atoms with van der Waals surface area (Å²) >= 11 is 5.91. The first-order valence-corrected chi connectivity index (χ1v) is 8.86. The highest BCUT2D eigenvalue weighted by Gasteiger charge is 2.14. The Bertz CT molecular complexity index is 573. The van der Waals surface area contributed by atoms with Gasteiger partial charge in [0.05, 0.1) is 6.61 Å². The van der Waals surface area contributed by atoms with Gasteiger partial charge in [-0.3, -0.25) is 0 Å². The molecule has 0 spiro atoms. The van der Waals surface area contributed by atoms with Crippen molar-refractivity contribution in [3.63, 3.8) is 0 Å². The lowest BCUT2D eigenvalue weighted by Crippen LogP contribution is -2.07. The maximum absolute atomic E-state index is 11.8. The molecule has 0 aliphatic heterocycles. The molecule has 1 unspecified atom stereocenters. The van der Waals surface area contributed by atoms with Gasteiger partial charge in [0.1, 0.15) is 6.10 Å². The summed E-state index contributed by atoms with van der Waals surface area (Å²) in [7, 11) is 0. The van der Waals surface area contributed by atoms with Crippen LogP contribution in [0.2, 0.25) is 5.02 Å². The molecule has 0 radical (unpaired) electrons. The first kappa shape index (κ1) is 20.5. The number of aliphatic hydroxyl groups is 1. The summed E-state index contributed by atoms with van der Waals surface area (Å²) in [5.41, 5.74) is 1.93. The van der Waals surface area contributed by atoms with Gasteiger partial charge in [-0.1, -0.05) is 49.6 Å². The van der Waals surface area contributed by atoms with Gasteiger partial charge in [-0.15, -0.1) is 0 Å². The number of ether oxygens (including phenoxy) is 1. The third-order valence-electron chi connectivity index (χ3n) is 3.67. The smallest absolute Gasteiger partial charge is 0.333 e. The van der Waals surface area contributed by atoms with E-state index in [0.29, 0.717) is 22.8 Å². The summed E-state index contributed by atoms with van der Waals surface area (Å²) in [6.07, 6.45) is 7.11. The highest BCUT2D eigenvalue weighted by Crippen LogP contribution is 2.26. The molecular weight excluding hydrogens is 324 g/mol. The van der Waals surface area contributed by atoms with Crippen LogP contribution in [0.15, 0.2) is 47.6 Å². The number of hydrogen-bond donors (Lipinski definition) is 1. The van der Waals surface area contributed by atoms with Gasteiger partial charge in [-0.05, 0) is 56.0 Å². The second-order valence-corrected chi connectivity index (χ2v) is 6.14. The van der Waals surface area contributed by atoms with Crippen LogP contribution < -0.4 is 0 Å². The van der Waals surface area contributed by atoms with Gasteiger partial charge in [0, 0.05) is 10.6 Å². The van der Waals surface area contributed by atoms with Crippen molar-refractivity contribution < 1.29 is 14.6 Å². The van der Waals surface area contributed by atoms with Crippen LogP contribution in [0.25, 0.3) is 0 Å². The lowest BCUT2D eigenvalue weighted by Gasteiger charge is -2.14. The van der Waals surface area contributed by atoms with Crippen LogP contribution in [0.4, 0.5) is 0 Å². The van der Waals surface area contributed by atoms with Crippen molar-refractivity contribution in [3.8, 4) is 0 Å². The minimum atomic E-state index is -0.798. The highest BCUT2D eigenvalue weighted by molar-refractivity contribution is 6.30. The van der Waals surface area contributed by atoms with Crippen LogP contribution in [0.3, 0.4) is 0 Å². The molecule has 1 atom stereocenters. The molecule has 0 amide bonds. The number of carbonyl (C=O) groups excluding carboxylic acids is 1. The molecule has 1 N–H and O–H groups in total. The largest absolute Gasteiger partial charge is 0.463 e. The topological polar surface area (TPSA) is 46.5 Å². The molecule has 24 heavy (non-hydrogen) atoms. The Morgan fingerprint density at radius 1 is 1.25 bits per heavy atom. The number of allylic oxidation sites excluding steroid dienone is 1. The molecule has 0 aliphatic carbocycles. The van der Waals surface area contributed by atoms with Crippen LogP contribution in [0.1, 0.15) is 58.1 Å². The van der Waals surface area contributed by atoms with Gasteiger partial charge in [0.25, 0.3) is 0 Å². The lowest BCUT2D eigenvalue weighted by molar-refractivity contribution is -0.138. The minimum absolute atomic E-state index is 0.333. The van der Waals surface area contributed by atoms with Crippen molar-refractivity contribution in [1.29, 1.82) is 0 Å². The van der Waals surface area contributed by atoms with E-state index in [1.807, 2.05) is 6.08 Å². The molecule has 0 aromatic heterocycles. The van der Waals surface area contributed by atoms with E-state index in [1.165, 1.54) is 0 Å². The van der Waals surface area contributed by atoms with Crippen LogP contribution >= 0.6 is 11.6 Å². The summed E-state index contributed by atoms with van der Waals surface area (Å²) in [6.45, 7) is 5.96. The van der Waals surface area contributed by atoms with E-state index in [4.69, 9.17) is 16.3 Å². The number of aliphatic hydroxyl groups excluding tert-OH is 1. The highest BCUT2D eigenvalue weighted by atomic mass is 35.5. The van der Waals surface area contributed by atoms with E-state index in [-0.39, 0.29) is 5.97 Å². The Morgan fingerprint density at radius 3 is 2.50 bits per heavy atom. The third-order valence-corrected chi connectivity index (χ3v) is 3.92. The maximum atomic E-state index is 11.8. The molecule has 132 valence electrons. The minimum Gasteiger partial charge on any atom is -0.463 e. The van der Waals surface area contributed by atoms with Gasteiger partial charge in [-0.2, -0.15) is 0 Å². The molecule has 4 heteroatoms. The molecule has 0 saturated carbocycles. The van der Waals surface area contributed by atoms with E-state index < -0.39 is 6.10 Å². The fraction of sp³-hybridized carbons (Fsp3) is 0.450. The molecule has 3 nitrogen and oxygen atoms in total. The van der Waals surface area contributed by atoms with Crippen LogP contribution in [0, 0.1) is 0 Å². The molecule has 1 aromatic rings. The van der Waals surface area contributed by atoms with Gasteiger partial charge < -0.3 is 9.84 Å². The Morgan fingerprint density at radius 2 is 1.92 bits per heavy atom. The molecule has 0 heterocycles. The van der Waals surface area contributed by atoms with Crippen LogP contribution in [-0.4, -0.2) is 17.7 Å². The van der Waals surface area contributed by atoms with Crippen molar-refractivity contribution in [1.82, 2.24) is 0 Å². The second kappa shape index (κ2) is 11.1. The number of benzene rings is 1. The Balaban J connectivity index is 3.01. The second-order valence-electron chi connectivity index (χ2n) is 5.70. The fourth-order valence-corrected chi connectivity index (χ4v) is 2.43. The van der Waals surface area contributed by atoms with Crippen molar-refractivity contribution in [2.45, 2.75) is 52.6 Å². The number of hydrogen-bond acceptors (Lipinski definition) is 3. The molecule has 0 bridgehead atoms. The first-order valence-electron chi connectivity index (χ1n) is 8.48. The van der Waals surface area contributed by atoms with E-state index in [9.17, 15) is 9.90 Å². The first-order chi connectivity index (χ1) is 11.5. The number of unbranched alkanes of at least 4 members (excludes halogenated alkanes) is 3. The Hall–Kier alpha value is -1.58. The fourth-order valence-electron chi connectivity index (χ4n) is 2.30. The van der Waals surface area contributed by atoms with Crippen molar-refractivity contribution in [2.75, 3.05) is 6.61 Å². The van der Waals surface area contributed by atoms with E-state index in [1.54, 1.807) is 44.2 Å². The van der Waals surface area contributed by atoms with E-state index in [0.717, 1.165) is 31.2 Å². The van der Waals surface area contributed by atoms with E-state index in [2.05, 4.69) is 6.92 Å². The molecule has 1 rings (SSSR count). The average molecular weight is 351 g/mol. The van der Waals surface area contributed by atoms with E-state index >= 15 is 0 Å². The summed E-state index contributed by atoms with van der Waals surface area (Å²) < 4.78 is 5.02. The lowest BCUT2D eigenvalue weighted by atomic mass is 9.98. The maximum Gasteiger partial charge on any atom is 0.333 e.